The number of carbonyl (C=O) groups excluding carboxylic acids is 1. The van der Waals surface area contributed by atoms with E-state index in [1.165, 1.54) is 5.56 Å². The average molecular weight is 315 g/mol. The van der Waals surface area contributed by atoms with Crippen LogP contribution in [-0.4, -0.2) is 5.78 Å². The first-order valence-electron chi connectivity index (χ1n) is 6.11. The van der Waals surface area contributed by atoms with E-state index in [0.29, 0.717) is 0 Å². The first kappa shape index (κ1) is 13.8. The summed E-state index contributed by atoms with van der Waals surface area (Å²) in [6.45, 7) is 4.06. The highest BCUT2D eigenvalue weighted by Crippen LogP contribution is 2.13. The molecule has 0 spiro atoms. The van der Waals surface area contributed by atoms with Crippen molar-refractivity contribution in [3.8, 4) is 0 Å². The highest BCUT2D eigenvalue weighted by molar-refractivity contribution is 9.10. The molecule has 0 saturated carbocycles. The van der Waals surface area contributed by atoms with Gasteiger partial charge in [-0.3, -0.25) is 4.79 Å². The summed E-state index contributed by atoms with van der Waals surface area (Å²) in [6.07, 6.45) is 3.46. The van der Waals surface area contributed by atoms with Crippen molar-refractivity contribution in [2.45, 2.75) is 13.8 Å². The number of rotatable bonds is 3. The van der Waals surface area contributed by atoms with Crippen LogP contribution in [-0.2, 0) is 0 Å². The molecular weight excluding hydrogens is 300 g/mol. The molecule has 0 unspecified atom stereocenters. The van der Waals surface area contributed by atoms with Gasteiger partial charge in [0.1, 0.15) is 0 Å². The maximum atomic E-state index is 12.1. The summed E-state index contributed by atoms with van der Waals surface area (Å²) in [4.78, 5) is 12.1. The molecule has 2 aromatic rings. The van der Waals surface area contributed by atoms with E-state index >= 15 is 0 Å². The summed E-state index contributed by atoms with van der Waals surface area (Å²) in [6, 6.07) is 13.6. The van der Waals surface area contributed by atoms with Crippen LogP contribution in [0.1, 0.15) is 27.0 Å². The molecule has 2 aromatic carbocycles. The Labute approximate surface area is 122 Å². The van der Waals surface area contributed by atoms with Crippen LogP contribution >= 0.6 is 15.9 Å². The van der Waals surface area contributed by atoms with Crippen LogP contribution in [0.4, 0.5) is 0 Å². The molecule has 96 valence electrons. The van der Waals surface area contributed by atoms with Crippen molar-refractivity contribution in [2.75, 3.05) is 0 Å². The molecule has 1 nitrogen and oxygen atoms in total. The molecule has 0 amide bonds. The fourth-order valence-corrected chi connectivity index (χ4v) is 2.00. The Morgan fingerprint density at radius 3 is 2.32 bits per heavy atom. The number of allylic oxidation sites excluding steroid dienone is 1. The Morgan fingerprint density at radius 2 is 1.68 bits per heavy atom. The maximum Gasteiger partial charge on any atom is 0.185 e. The van der Waals surface area contributed by atoms with E-state index in [2.05, 4.69) is 15.9 Å². The number of halogens is 1. The van der Waals surface area contributed by atoms with Crippen molar-refractivity contribution in [1.29, 1.82) is 0 Å². The third kappa shape index (κ3) is 3.65. The van der Waals surface area contributed by atoms with E-state index in [9.17, 15) is 4.79 Å². The van der Waals surface area contributed by atoms with E-state index in [4.69, 9.17) is 0 Å². The summed E-state index contributed by atoms with van der Waals surface area (Å²) in [5, 5.41) is 0. The second-order valence-corrected chi connectivity index (χ2v) is 5.46. The van der Waals surface area contributed by atoms with Crippen molar-refractivity contribution in [2.24, 2.45) is 0 Å². The fourth-order valence-electron chi connectivity index (χ4n) is 1.74. The minimum Gasteiger partial charge on any atom is -0.289 e. The van der Waals surface area contributed by atoms with Gasteiger partial charge >= 0.3 is 0 Å². The zero-order chi connectivity index (χ0) is 13.8. The van der Waals surface area contributed by atoms with Gasteiger partial charge in [-0.05, 0) is 54.8 Å². The molecule has 2 heteroatoms. The Hall–Kier alpha value is -1.67. The van der Waals surface area contributed by atoms with Gasteiger partial charge in [0.25, 0.3) is 0 Å². The molecule has 2 rings (SSSR count). The van der Waals surface area contributed by atoms with Crippen molar-refractivity contribution in [1.82, 2.24) is 0 Å². The van der Waals surface area contributed by atoms with Gasteiger partial charge < -0.3 is 0 Å². The quantitative estimate of drug-likeness (QED) is 0.578. The van der Waals surface area contributed by atoms with Gasteiger partial charge in [-0.1, -0.05) is 46.3 Å². The van der Waals surface area contributed by atoms with Gasteiger partial charge in [-0.25, -0.2) is 0 Å². The second-order valence-electron chi connectivity index (χ2n) is 4.55. The molecule has 0 N–H and O–H groups in total. The SMILES string of the molecule is Cc1ccc(C(=O)/C=C/c2ccc(Br)cc2)cc1C. The van der Waals surface area contributed by atoms with E-state index in [1.807, 2.05) is 62.4 Å². The molecule has 0 atom stereocenters. The van der Waals surface area contributed by atoms with Crippen molar-refractivity contribution in [3.63, 3.8) is 0 Å². The Morgan fingerprint density at radius 1 is 1.00 bits per heavy atom. The minimum absolute atomic E-state index is 0.0334. The van der Waals surface area contributed by atoms with Crippen LogP contribution in [0.3, 0.4) is 0 Å². The summed E-state index contributed by atoms with van der Waals surface area (Å²) < 4.78 is 1.03. The number of ketones is 1. The Bertz CT molecular complexity index is 624. The maximum absolute atomic E-state index is 12.1. The van der Waals surface area contributed by atoms with Gasteiger partial charge in [-0.15, -0.1) is 0 Å². The predicted molar refractivity (Wildman–Crippen MR) is 83.4 cm³/mol. The normalized spacial score (nSPS) is 10.9. The van der Waals surface area contributed by atoms with Crippen LogP contribution in [0, 0.1) is 13.8 Å². The predicted octanol–water partition coefficient (Wildman–Crippen LogP) is 4.96. The lowest BCUT2D eigenvalue weighted by Gasteiger charge is -2.01. The summed E-state index contributed by atoms with van der Waals surface area (Å²) >= 11 is 3.39. The molecule has 19 heavy (non-hydrogen) atoms. The van der Waals surface area contributed by atoms with E-state index in [1.54, 1.807) is 6.08 Å². The summed E-state index contributed by atoms with van der Waals surface area (Å²) in [5.74, 6) is 0.0334. The highest BCUT2D eigenvalue weighted by Gasteiger charge is 2.03. The first-order valence-corrected chi connectivity index (χ1v) is 6.91. The number of aryl methyl sites for hydroxylation is 2. The lowest BCUT2D eigenvalue weighted by Crippen LogP contribution is -1.95. The molecule has 0 saturated heterocycles. The zero-order valence-electron chi connectivity index (χ0n) is 11.0. The highest BCUT2D eigenvalue weighted by atomic mass is 79.9. The average Bonchev–Trinajstić information content (AvgIpc) is 2.41. The number of benzene rings is 2. The number of carbonyl (C=O) groups is 1. The zero-order valence-corrected chi connectivity index (χ0v) is 12.6. The molecule has 0 aliphatic rings. The minimum atomic E-state index is 0.0334. The standard InChI is InChI=1S/C17H15BrO/c1-12-3-7-15(11-13(12)2)17(19)10-6-14-4-8-16(18)9-5-14/h3-11H,1-2H3/b10-6+. The third-order valence-electron chi connectivity index (χ3n) is 3.09. The second kappa shape index (κ2) is 5.98. The first-order chi connectivity index (χ1) is 9.06. The van der Waals surface area contributed by atoms with Crippen LogP contribution in [0.2, 0.25) is 0 Å². The van der Waals surface area contributed by atoms with Gasteiger partial charge in [0, 0.05) is 10.0 Å². The molecule has 0 heterocycles. The number of hydrogen-bond acceptors (Lipinski definition) is 1. The summed E-state index contributed by atoms with van der Waals surface area (Å²) in [7, 11) is 0. The lowest BCUT2D eigenvalue weighted by molar-refractivity contribution is 0.104. The molecule has 0 radical (unpaired) electrons. The largest absolute Gasteiger partial charge is 0.289 e. The molecule has 0 bridgehead atoms. The van der Waals surface area contributed by atoms with E-state index < -0.39 is 0 Å². The lowest BCUT2D eigenvalue weighted by atomic mass is 10.0. The smallest absolute Gasteiger partial charge is 0.185 e. The molecule has 0 fully saturated rings. The molecule has 0 aliphatic carbocycles. The topological polar surface area (TPSA) is 17.1 Å². The van der Waals surface area contributed by atoms with Crippen molar-refractivity contribution >= 4 is 27.8 Å². The molecular formula is C17H15BrO. The molecule has 0 aromatic heterocycles. The van der Waals surface area contributed by atoms with Gasteiger partial charge in [0.15, 0.2) is 5.78 Å². The Kier molecular flexibility index (Phi) is 4.33. The summed E-state index contributed by atoms with van der Waals surface area (Å²) in [5.41, 5.74) is 4.09. The van der Waals surface area contributed by atoms with E-state index in [-0.39, 0.29) is 5.78 Å². The van der Waals surface area contributed by atoms with Crippen molar-refractivity contribution in [3.05, 3.63) is 75.3 Å². The molecule has 0 aliphatic heterocycles. The van der Waals surface area contributed by atoms with Crippen LogP contribution in [0.15, 0.2) is 53.0 Å². The van der Waals surface area contributed by atoms with E-state index in [0.717, 1.165) is 21.2 Å². The van der Waals surface area contributed by atoms with Crippen LogP contribution in [0.25, 0.3) is 6.08 Å². The van der Waals surface area contributed by atoms with Gasteiger partial charge in [0.2, 0.25) is 0 Å². The number of hydrogen-bond donors (Lipinski definition) is 0. The third-order valence-corrected chi connectivity index (χ3v) is 3.62. The van der Waals surface area contributed by atoms with Gasteiger partial charge in [-0.2, -0.15) is 0 Å². The Balaban J connectivity index is 2.16. The monoisotopic (exact) mass is 314 g/mol. The van der Waals surface area contributed by atoms with Crippen LogP contribution in [0.5, 0.6) is 0 Å². The van der Waals surface area contributed by atoms with Gasteiger partial charge in [0.05, 0.1) is 0 Å². The van der Waals surface area contributed by atoms with Crippen molar-refractivity contribution < 1.29 is 4.79 Å². The van der Waals surface area contributed by atoms with Crippen LogP contribution < -0.4 is 0 Å². The fraction of sp³-hybridized carbons (Fsp3) is 0.118.